The lowest BCUT2D eigenvalue weighted by Gasteiger charge is -2.45. The van der Waals surface area contributed by atoms with Crippen LogP contribution in [0.25, 0.3) is 0 Å². The average Bonchev–Trinajstić information content (AvgIpc) is 2.24. The molecule has 1 aromatic carbocycles. The van der Waals surface area contributed by atoms with E-state index in [0.29, 0.717) is 5.56 Å². The van der Waals surface area contributed by atoms with Gasteiger partial charge in [-0.2, -0.15) is 0 Å². The zero-order valence-electron chi connectivity index (χ0n) is 12.9. The first kappa shape index (κ1) is 15.4. The SMILES string of the molecule is CC1(C)CC(NC(=O)c2cccc(S)c2)CC(C)(C)C1. The van der Waals surface area contributed by atoms with Crippen molar-refractivity contribution in [3.63, 3.8) is 0 Å². The maximum absolute atomic E-state index is 12.3. The first-order valence-electron chi connectivity index (χ1n) is 7.27. The van der Waals surface area contributed by atoms with Gasteiger partial charge in [0.1, 0.15) is 0 Å². The van der Waals surface area contributed by atoms with Crippen molar-refractivity contribution in [2.75, 3.05) is 0 Å². The van der Waals surface area contributed by atoms with Crippen molar-refractivity contribution < 1.29 is 4.79 Å². The molecule has 0 unspecified atom stereocenters. The highest BCUT2D eigenvalue weighted by molar-refractivity contribution is 7.80. The third-order valence-corrected chi connectivity index (χ3v) is 4.28. The maximum atomic E-state index is 12.3. The summed E-state index contributed by atoms with van der Waals surface area (Å²) in [6.07, 6.45) is 3.30. The fourth-order valence-corrected chi connectivity index (χ4v) is 4.09. The van der Waals surface area contributed by atoms with Crippen molar-refractivity contribution in [2.24, 2.45) is 10.8 Å². The summed E-state index contributed by atoms with van der Waals surface area (Å²) in [5.74, 6) is 0.0133. The van der Waals surface area contributed by atoms with Crippen LogP contribution < -0.4 is 5.32 Å². The van der Waals surface area contributed by atoms with Crippen LogP contribution in [0.3, 0.4) is 0 Å². The number of nitrogens with one attached hydrogen (secondary N) is 1. The molecule has 110 valence electrons. The molecule has 0 aromatic heterocycles. The van der Waals surface area contributed by atoms with Gasteiger partial charge >= 0.3 is 0 Å². The summed E-state index contributed by atoms with van der Waals surface area (Å²) in [6, 6.07) is 7.66. The van der Waals surface area contributed by atoms with Crippen molar-refractivity contribution in [2.45, 2.75) is 57.9 Å². The third kappa shape index (κ3) is 4.02. The molecule has 0 bridgehead atoms. The lowest BCUT2D eigenvalue weighted by molar-refractivity contribution is 0.0713. The van der Waals surface area contributed by atoms with Crippen LogP contribution in [0.15, 0.2) is 29.2 Å². The minimum Gasteiger partial charge on any atom is -0.349 e. The molecule has 2 rings (SSSR count). The lowest BCUT2D eigenvalue weighted by atomic mass is 9.63. The Labute approximate surface area is 127 Å². The zero-order chi connectivity index (χ0) is 15.0. The average molecular weight is 291 g/mol. The molecule has 2 nitrogen and oxygen atoms in total. The summed E-state index contributed by atoms with van der Waals surface area (Å²) in [5.41, 5.74) is 1.26. The van der Waals surface area contributed by atoms with E-state index in [1.807, 2.05) is 24.3 Å². The fourth-order valence-electron chi connectivity index (χ4n) is 3.86. The van der Waals surface area contributed by atoms with Gasteiger partial charge < -0.3 is 5.32 Å². The van der Waals surface area contributed by atoms with E-state index in [4.69, 9.17) is 0 Å². The van der Waals surface area contributed by atoms with Crippen LogP contribution in [0.5, 0.6) is 0 Å². The van der Waals surface area contributed by atoms with Gasteiger partial charge in [-0.25, -0.2) is 0 Å². The second-order valence-electron chi connectivity index (χ2n) is 7.63. The molecule has 1 fully saturated rings. The molecule has 1 aliphatic rings. The van der Waals surface area contributed by atoms with Crippen LogP contribution in [0.1, 0.15) is 57.3 Å². The van der Waals surface area contributed by atoms with Crippen molar-refractivity contribution in [3.8, 4) is 0 Å². The smallest absolute Gasteiger partial charge is 0.251 e. The molecule has 20 heavy (non-hydrogen) atoms. The normalized spacial score (nSPS) is 21.4. The predicted octanol–water partition coefficient (Wildman–Crippen LogP) is 4.31. The number of rotatable bonds is 2. The summed E-state index contributed by atoms with van der Waals surface area (Å²) >= 11 is 4.29. The summed E-state index contributed by atoms with van der Waals surface area (Å²) in [7, 11) is 0. The molecule has 0 heterocycles. The van der Waals surface area contributed by atoms with Gasteiger partial charge in [0.05, 0.1) is 0 Å². The Kier molecular flexibility index (Phi) is 4.19. The molecule has 1 aromatic rings. The number of carbonyl (C=O) groups is 1. The van der Waals surface area contributed by atoms with Gasteiger partial charge in [0.15, 0.2) is 0 Å². The largest absolute Gasteiger partial charge is 0.349 e. The Morgan fingerprint density at radius 1 is 1.20 bits per heavy atom. The second-order valence-corrected chi connectivity index (χ2v) is 8.15. The van der Waals surface area contributed by atoms with E-state index in [9.17, 15) is 4.79 Å². The van der Waals surface area contributed by atoms with Crippen LogP contribution >= 0.6 is 12.6 Å². The molecular weight excluding hydrogens is 266 g/mol. The quantitative estimate of drug-likeness (QED) is 0.781. The monoisotopic (exact) mass is 291 g/mol. The van der Waals surface area contributed by atoms with E-state index in [0.717, 1.165) is 17.7 Å². The Hall–Kier alpha value is -0.960. The van der Waals surface area contributed by atoms with Gasteiger partial charge in [-0.05, 0) is 48.3 Å². The highest BCUT2D eigenvalue weighted by atomic mass is 32.1. The molecule has 0 saturated heterocycles. The van der Waals surface area contributed by atoms with Crippen LogP contribution in [0, 0.1) is 10.8 Å². The molecule has 0 aliphatic heterocycles. The number of benzene rings is 1. The Bertz CT molecular complexity index is 491. The van der Waals surface area contributed by atoms with Crippen molar-refractivity contribution >= 4 is 18.5 Å². The second kappa shape index (κ2) is 5.44. The first-order chi connectivity index (χ1) is 9.17. The van der Waals surface area contributed by atoms with E-state index in [1.54, 1.807) is 0 Å². The predicted molar refractivity (Wildman–Crippen MR) is 86.4 cm³/mol. The van der Waals surface area contributed by atoms with Crippen LogP contribution in [-0.2, 0) is 0 Å². The van der Waals surface area contributed by atoms with E-state index in [2.05, 4.69) is 45.6 Å². The Morgan fingerprint density at radius 2 is 1.80 bits per heavy atom. The van der Waals surface area contributed by atoms with Crippen molar-refractivity contribution in [1.82, 2.24) is 5.32 Å². The minimum absolute atomic E-state index is 0.0133. The highest BCUT2D eigenvalue weighted by Gasteiger charge is 2.38. The Balaban J connectivity index is 2.08. The van der Waals surface area contributed by atoms with Gasteiger partial charge in [-0.1, -0.05) is 33.8 Å². The molecule has 1 aliphatic carbocycles. The van der Waals surface area contributed by atoms with E-state index < -0.39 is 0 Å². The third-order valence-electron chi connectivity index (χ3n) is 4.00. The van der Waals surface area contributed by atoms with Crippen LogP contribution in [0.2, 0.25) is 0 Å². The van der Waals surface area contributed by atoms with Gasteiger partial charge in [-0.15, -0.1) is 12.6 Å². The van der Waals surface area contributed by atoms with Crippen molar-refractivity contribution in [1.29, 1.82) is 0 Å². The zero-order valence-corrected chi connectivity index (χ0v) is 13.8. The number of hydrogen-bond acceptors (Lipinski definition) is 2. The van der Waals surface area contributed by atoms with Gasteiger partial charge in [0.25, 0.3) is 5.91 Å². The lowest BCUT2D eigenvalue weighted by Crippen LogP contribution is -2.46. The molecule has 0 spiro atoms. The fraction of sp³-hybridized carbons (Fsp3) is 0.588. The van der Waals surface area contributed by atoms with Gasteiger partial charge in [0, 0.05) is 16.5 Å². The van der Waals surface area contributed by atoms with E-state index in [1.165, 1.54) is 6.42 Å². The molecule has 1 saturated carbocycles. The molecule has 0 radical (unpaired) electrons. The van der Waals surface area contributed by atoms with Gasteiger partial charge in [-0.3, -0.25) is 4.79 Å². The van der Waals surface area contributed by atoms with Crippen LogP contribution in [0.4, 0.5) is 0 Å². The molecular formula is C17H25NOS. The molecule has 3 heteroatoms. The van der Waals surface area contributed by atoms with E-state index in [-0.39, 0.29) is 22.8 Å². The Morgan fingerprint density at radius 3 is 2.35 bits per heavy atom. The molecule has 1 amide bonds. The summed E-state index contributed by atoms with van der Waals surface area (Å²) in [4.78, 5) is 13.2. The summed E-state index contributed by atoms with van der Waals surface area (Å²) in [6.45, 7) is 9.17. The number of hydrogen-bond donors (Lipinski definition) is 2. The van der Waals surface area contributed by atoms with E-state index >= 15 is 0 Å². The number of carbonyl (C=O) groups excluding carboxylic acids is 1. The topological polar surface area (TPSA) is 29.1 Å². The van der Waals surface area contributed by atoms with Crippen LogP contribution in [-0.4, -0.2) is 11.9 Å². The molecule has 0 atom stereocenters. The standard InChI is InChI=1S/C17H25NOS/c1-16(2)9-13(10-17(3,4)11-16)18-15(19)12-6-5-7-14(20)8-12/h5-8,13,20H,9-11H2,1-4H3,(H,18,19). The first-order valence-corrected chi connectivity index (χ1v) is 7.72. The van der Waals surface area contributed by atoms with Gasteiger partial charge in [0.2, 0.25) is 0 Å². The number of amides is 1. The maximum Gasteiger partial charge on any atom is 0.251 e. The highest BCUT2D eigenvalue weighted by Crippen LogP contribution is 2.45. The number of thiol groups is 1. The summed E-state index contributed by atoms with van der Waals surface area (Å²) in [5, 5.41) is 3.20. The summed E-state index contributed by atoms with van der Waals surface area (Å²) < 4.78 is 0. The minimum atomic E-state index is 0.0133. The van der Waals surface area contributed by atoms with Crippen molar-refractivity contribution in [3.05, 3.63) is 29.8 Å². The molecule has 1 N–H and O–H groups in total.